The van der Waals surface area contributed by atoms with Crippen LogP contribution in [0.3, 0.4) is 0 Å². The predicted molar refractivity (Wildman–Crippen MR) is 237 cm³/mol. The fraction of sp³-hybridized carbons (Fsp3) is 0.154. The number of benzene rings is 4. The van der Waals surface area contributed by atoms with Crippen LogP contribution in [0, 0.1) is 11.8 Å². The summed E-state index contributed by atoms with van der Waals surface area (Å²) in [4.78, 5) is 58.4. The normalized spacial score (nSPS) is 21.3. The molecule has 0 amide bonds. The highest BCUT2D eigenvalue weighted by Crippen LogP contribution is 2.55. The Morgan fingerprint density at radius 2 is 0.817 bits per heavy atom. The van der Waals surface area contributed by atoms with Gasteiger partial charge >= 0.3 is 0 Å². The van der Waals surface area contributed by atoms with Crippen molar-refractivity contribution in [3.05, 3.63) is 185 Å². The number of carbonyl (C=O) groups is 4. The third-order valence-corrected chi connectivity index (χ3v) is 14.9. The summed E-state index contributed by atoms with van der Waals surface area (Å²) >= 11 is 3.14. The Morgan fingerprint density at radius 1 is 0.483 bits per heavy atom. The number of hydrogen-bond acceptors (Lipinski definition) is 8. The smallest absolute Gasteiger partial charge is 0.197 e. The second-order valence-electron chi connectivity index (χ2n) is 17.3. The fourth-order valence-corrected chi connectivity index (χ4v) is 12.2. The maximum atomic E-state index is 13.7. The molecule has 2 atom stereocenters. The lowest BCUT2D eigenvalue weighted by atomic mass is 9.76. The van der Waals surface area contributed by atoms with Gasteiger partial charge < -0.3 is 9.47 Å². The van der Waals surface area contributed by atoms with E-state index in [0.29, 0.717) is 22.3 Å². The van der Waals surface area contributed by atoms with E-state index in [0.717, 1.165) is 74.8 Å². The zero-order valence-electron chi connectivity index (χ0n) is 33.0. The molecule has 4 heterocycles. The van der Waals surface area contributed by atoms with Crippen LogP contribution in [0.4, 0.5) is 0 Å². The molecule has 4 aliphatic carbocycles. The number of hydrogen-bond donors (Lipinski definition) is 0. The van der Waals surface area contributed by atoms with Crippen molar-refractivity contribution in [2.75, 3.05) is 0 Å². The van der Waals surface area contributed by atoms with Gasteiger partial charge in [-0.25, -0.2) is 0 Å². The predicted octanol–water partition coefficient (Wildman–Crippen LogP) is 12.1. The van der Waals surface area contributed by atoms with Crippen LogP contribution in [0.1, 0.15) is 99.8 Å². The van der Waals surface area contributed by atoms with Crippen molar-refractivity contribution in [2.45, 2.75) is 38.9 Å². The van der Waals surface area contributed by atoms with Gasteiger partial charge in [0.15, 0.2) is 23.1 Å². The Labute approximate surface area is 353 Å². The summed E-state index contributed by atoms with van der Waals surface area (Å²) in [6.07, 6.45) is 12.4. The summed E-state index contributed by atoms with van der Waals surface area (Å²) in [5, 5.41) is 3.73. The average molecular weight is 819 g/mol. The van der Waals surface area contributed by atoms with Gasteiger partial charge in [0.05, 0.1) is 11.1 Å². The first kappa shape index (κ1) is 35.5. The van der Waals surface area contributed by atoms with Gasteiger partial charge in [0.1, 0.15) is 22.7 Å². The minimum absolute atomic E-state index is 0.00710. The van der Waals surface area contributed by atoms with Crippen LogP contribution < -0.4 is 0 Å². The second-order valence-corrected chi connectivity index (χ2v) is 19.5. The van der Waals surface area contributed by atoms with Crippen LogP contribution in [-0.4, -0.2) is 23.1 Å². The molecule has 0 bridgehead atoms. The number of carbonyl (C=O) groups excluding carboxylic acids is 4. The van der Waals surface area contributed by atoms with Gasteiger partial charge in [-0.05, 0) is 110 Å². The lowest BCUT2D eigenvalue weighted by Gasteiger charge is -2.40. The van der Waals surface area contributed by atoms with E-state index in [1.54, 1.807) is 34.8 Å². The van der Waals surface area contributed by atoms with Gasteiger partial charge in [0.2, 0.25) is 0 Å². The number of Topliss-reactive ketones (excluding diaryl/α,β-unsaturated/α-hetero) is 4. The number of ether oxygens (including phenoxy) is 2. The third-order valence-electron chi connectivity index (χ3n) is 12.7. The van der Waals surface area contributed by atoms with E-state index in [2.05, 4.69) is 64.1 Å². The minimum Gasteiger partial charge on any atom is -0.483 e. The zero-order chi connectivity index (χ0) is 41.0. The number of thiophene rings is 2. The van der Waals surface area contributed by atoms with Gasteiger partial charge in [-0.3, -0.25) is 19.2 Å². The average Bonchev–Trinajstić information content (AvgIpc) is 3.97. The van der Waals surface area contributed by atoms with Gasteiger partial charge in [-0.1, -0.05) is 60.7 Å². The Hall–Kier alpha value is -6.48. The van der Waals surface area contributed by atoms with Crippen molar-refractivity contribution >= 4 is 90.6 Å². The molecule has 0 N–H and O–H groups in total. The molecule has 2 aliphatic heterocycles. The third kappa shape index (κ3) is 5.04. The summed E-state index contributed by atoms with van der Waals surface area (Å²) in [5.74, 6) is 0.615. The molecule has 0 saturated heterocycles. The molecule has 8 heteroatoms. The molecule has 6 aromatic rings. The van der Waals surface area contributed by atoms with E-state index in [9.17, 15) is 19.2 Å². The molecule has 60 heavy (non-hydrogen) atoms. The van der Waals surface area contributed by atoms with Crippen LogP contribution in [0.15, 0.2) is 132 Å². The molecular weight excluding hydrogens is 785 g/mol. The van der Waals surface area contributed by atoms with Gasteiger partial charge in [-0.2, -0.15) is 0 Å². The highest BCUT2D eigenvalue weighted by Gasteiger charge is 2.44. The van der Waals surface area contributed by atoms with Crippen LogP contribution in [0.2, 0.25) is 0 Å². The van der Waals surface area contributed by atoms with Gasteiger partial charge in [0.25, 0.3) is 0 Å². The second kappa shape index (κ2) is 12.1. The lowest BCUT2D eigenvalue weighted by molar-refractivity contribution is 0.0318. The minimum atomic E-state index is -0.658. The quantitative estimate of drug-likeness (QED) is 0.128. The van der Waals surface area contributed by atoms with Crippen LogP contribution in [0.5, 0.6) is 0 Å². The monoisotopic (exact) mass is 818 g/mol. The maximum absolute atomic E-state index is 13.7. The number of allylic oxidation sites excluding steroid dienone is 8. The molecular formula is C52H34O6S2. The maximum Gasteiger partial charge on any atom is 0.197 e. The first-order valence-electron chi connectivity index (χ1n) is 20.0. The highest BCUT2D eigenvalue weighted by atomic mass is 32.1. The zero-order valence-corrected chi connectivity index (χ0v) is 34.6. The molecule has 2 unspecified atom stereocenters. The van der Waals surface area contributed by atoms with Crippen molar-refractivity contribution in [3.63, 3.8) is 0 Å². The molecule has 6 nitrogen and oxygen atoms in total. The Morgan fingerprint density at radius 3 is 1.15 bits per heavy atom. The molecule has 4 aromatic carbocycles. The molecule has 12 rings (SSSR count). The number of rotatable bonds is 2. The Balaban J connectivity index is 0.880. The number of ketones is 4. The molecule has 290 valence electrons. The van der Waals surface area contributed by atoms with Crippen molar-refractivity contribution in [1.82, 2.24) is 0 Å². The van der Waals surface area contributed by atoms with Crippen molar-refractivity contribution in [1.29, 1.82) is 0 Å². The van der Waals surface area contributed by atoms with Crippen molar-refractivity contribution in [2.24, 2.45) is 11.8 Å². The molecule has 6 aliphatic rings. The first-order valence-corrected chi connectivity index (χ1v) is 21.7. The SMILES string of the molecule is CC1(C)OC2=CC3C=C4C(=CC3C=C2c2sc(C=C3C(=O)c5cc6ccccc6cc5C3=O)cc21)OC(C)(C)c1cc(C=C2C(=O)c3cc5ccccc5cc3C2=O)sc14. The summed E-state index contributed by atoms with van der Waals surface area (Å²) in [6.45, 7) is 8.20. The molecule has 0 spiro atoms. The highest BCUT2D eigenvalue weighted by molar-refractivity contribution is 7.14. The van der Waals surface area contributed by atoms with E-state index in [-0.39, 0.29) is 46.1 Å². The van der Waals surface area contributed by atoms with Crippen LogP contribution in [0.25, 0.3) is 44.8 Å². The molecule has 0 radical (unpaired) electrons. The van der Waals surface area contributed by atoms with Crippen molar-refractivity contribution < 1.29 is 28.7 Å². The summed E-state index contributed by atoms with van der Waals surface area (Å²) in [5.41, 5.74) is 4.88. The van der Waals surface area contributed by atoms with Crippen LogP contribution in [-0.2, 0) is 20.7 Å². The number of fused-ring (bicyclic) bond motifs is 11. The van der Waals surface area contributed by atoms with E-state index >= 15 is 0 Å². The van der Waals surface area contributed by atoms with E-state index in [4.69, 9.17) is 9.47 Å². The van der Waals surface area contributed by atoms with Crippen LogP contribution >= 0.6 is 22.7 Å². The topological polar surface area (TPSA) is 86.7 Å². The van der Waals surface area contributed by atoms with Gasteiger partial charge in [-0.15, -0.1) is 22.7 Å². The Kier molecular flexibility index (Phi) is 7.13. The lowest BCUT2D eigenvalue weighted by Crippen LogP contribution is -2.31. The van der Waals surface area contributed by atoms with E-state index in [1.807, 2.05) is 72.8 Å². The summed E-state index contributed by atoms with van der Waals surface area (Å²) in [7, 11) is 0. The standard InChI is InChI=1S/C52H34O6S2/c1-51(2)41-23-31(21-39-45(53)33-13-25-9-5-6-10-26(25)14-34(33)46(39)54)59-49(41)37-17-30-20-44-38(18-29(30)19-43(37)57-51)50-42(52(3,4)58-44)24-32(60-50)22-40-47(55)35-15-27-11-7-8-12-28(27)16-36(35)48(40)56/h5-24,29-30H,1-4H3. The molecule has 0 fully saturated rings. The summed E-state index contributed by atoms with van der Waals surface area (Å²) < 4.78 is 13.5. The first-order chi connectivity index (χ1) is 28.8. The summed E-state index contributed by atoms with van der Waals surface area (Å²) in [6, 6.07) is 27.0. The van der Waals surface area contributed by atoms with Crippen molar-refractivity contribution in [3.8, 4) is 0 Å². The van der Waals surface area contributed by atoms with Gasteiger partial charge in [0, 0.05) is 75.9 Å². The van der Waals surface area contributed by atoms with E-state index in [1.165, 1.54) is 0 Å². The molecule has 0 saturated carbocycles. The largest absolute Gasteiger partial charge is 0.483 e. The molecule has 2 aromatic heterocycles. The van der Waals surface area contributed by atoms with E-state index < -0.39 is 11.2 Å². The fourth-order valence-electron chi connectivity index (χ4n) is 9.65. The Bertz CT molecular complexity index is 2960.